The molecule has 0 spiro atoms. The monoisotopic (exact) mass is 387 g/mol. The van der Waals surface area contributed by atoms with Crippen LogP contribution in [0, 0.1) is 5.92 Å². The van der Waals surface area contributed by atoms with E-state index in [2.05, 4.69) is 20.9 Å². The van der Waals surface area contributed by atoms with E-state index in [1.54, 1.807) is 13.8 Å². The molecule has 0 aliphatic heterocycles. The molecule has 0 radical (unpaired) electrons. The van der Waals surface area contributed by atoms with Gasteiger partial charge in [0.15, 0.2) is 5.96 Å². The van der Waals surface area contributed by atoms with Crippen LogP contribution in [0.15, 0.2) is 4.99 Å². The molecular formula is C15H29N7O5. The maximum Gasteiger partial charge on any atom is 0.326 e. The number of carboxylic acid groups (broad SMARTS) is 1. The third kappa shape index (κ3) is 11.4. The molecule has 2 atom stereocenters. The highest BCUT2D eigenvalue weighted by Crippen LogP contribution is 1.99. The van der Waals surface area contributed by atoms with Gasteiger partial charge in [0, 0.05) is 6.54 Å². The first kappa shape index (κ1) is 24.1. The summed E-state index contributed by atoms with van der Waals surface area (Å²) in [5.74, 6) is -3.16. The van der Waals surface area contributed by atoms with Gasteiger partial charge in [-0.1, -0.05) is 13.8 Å². The van der Waals surface area contributed by atoms with E-state index < -0.39 is 42.3 Å². The molecule has 0 saturated carbocycles. The number of nitrogens with two attached hydrogens (primary N) is 3. The molecule has 12 heteroatoms. The van der Waals surface area contributed by atoms with Crippen LogP contribution in [0.4, 0.5) is 0 Å². The number of carbonyl (C=O) groups excluding carboxylic acids is 3. The summed E-state index contributed by atoms with van der Waals surface area (Å²) in [4.78, 5) is 49.9. The van der Waals surface area contributed by atoms with Crippen LogP contribution < -0.4 is 33.2 Å². The third-order valence-corrected chi connectivity index (χ3v) is 3.47. The van der Waals surface area contributed by atoms with Gasteiger partial charge >= 0.3 is 5.97 Å². The van der Waals surface area contributed by atoms with Crippen molar-refractivity contribution in [2.24, 2.45) is 28.1 Å². The first-order valence-corrected chi connectivity index (χ1v) is 8.42. The summed E-state index contributed by atoms with van der Waals surface area (Å²) in [5.41, 5.74) is 16.0. The summed E-state index contributed by atoms with van der Waals surface area (Å²) >= 11 is 0. The summed E-state index contributed by atoms with van der Waals surface area (Å²) < 4.78 is 0. The molecule has 0 aliphatic rings. The number of guanidine groups is 1. The molecule has 3 amide bonds. The van der Waals surface area contributed by atoms with Gasteiger partial charge in [0.1, 0.15) is 6.04 Å². The van der Waals surface area contributed by atoms with Gasteiger partial charge in [-0.15, -0.1) is 0 Å². The molecule has 0 heterocycles. The van der Waals surface area contributed by atoms with E-state index in [1.165, 1.54) is 0 Å². The summed E-state index contributed by atoms with van der Waals surface area (Å²) in [6, 6.07) is -1.87. The van der Waals surface area contributed by atoms with Crippen molar-refractivity contribution < 1.29 is 24.3 Å². The Morgan fingerprint density at radius 1 is 1.04 bits per heavy atom. The van der Waals surface area contributed by atoms with E-state index >= 15 is 0 Å². The predicted molar refractivity (Wildman–Crippen MR) is 98.3 cm³/mol. The number of aliphatic imine (C=N–C) groups is 1. The van der Waals surface area contributed by atoms with Crippen LogP contribution in [0.1, 0.15) is 26.7 Å². The molecule has 0 rings (SSSR count). The second kappa shape index (κ2) is 12.5. The second-order valence-electron chi connectivity index (χ2n) is 6.17. The van der Waals surface area contributed by atoms with Gasteiger partial charge in [-0.2, -0.15) is 0 Å². The van der Waals surface area contributed by atoms with Gasteiger partial charge in [0.25, 0.3) is 0 Å². The smallest absolute Gasteiger partial charge is 0.326 e. The molecule has 0 aromatic rings. The number of aliphatic carboxylic acids is 1. The van der Waals surface area contributed by atoms with Crippen LogP contribution in [0.3, 0.4) is 0 Å². The third-order valence-electron chi connectivity index (χ3n) is 3.47. The molecule has 0 bridgehead atoms. The predicted octanol–water partition coefficient (Wildman–Crippen LogP) is -3.17. The standard InChI is InChI=1S/C15H29N7O5/c1-8(2)12(16)13(25)21-6-10(23)20-7-11(24)22-9(14(26)27)4-3-5-19-15(17)18/h8-9,12H,3-7,16H2,1-2H3,(H,20,23)(H,21,25)(H,22,24)(H,26,27)(H4,17,18,19). The normalized spacial score (nSPS) is 12.6. The van der Waals surface area contributed by atoms with Gasteiger partial charge in [-0.3, -0.25) is 19.4 Å². The zero-order chi connectivity index (χ0) is 21.0. The molecule has 2 unspecified atom stereocenters. The Labute approximate surface area is 157 Å². The average molecular weight is 387 g/mol. The minimum atomic E-state index is -1.21. The minimum Gasteiger partial charge on any atom is -0.480 e. The molecule has 0 aliphatic carbocycles. The van der Waals surface area contributed by atoms with Gasteiger partial charge in [0.2, 0.25) is 17.7 Å². The Bertz CT molecular complexity index is 561. The van der Waals surface area contributed by atoms with Crippen LogP contribution in [-0.4, -0.2) is 66.5 Å². The Hall–Kier alpha value is -2.89. The van der Waals surface area contributed by atoms with Crippen molar-refractivity contribution in [3.05, 3.63) is 0 Å². The second-order valence-corrected chi connectivity index (χ2v) is 6.17. The number of hydrogen-bond acceptors (Lipinski definition) is 6. The molecule has 0 aromatic heterocycles. The minimum absolute atomic E-state index is 0.0845. The maximum absolute atomic E-state index is 11.8. The van der Waals surface area contributed by atoms with E-state index in [4.69, 9.17) is 22.3 Å². The quantitative estimate of drug-likeness (QED) is 0.103. The molecule has 27 heavy (non-hydrogen) atoms. The van der Waals surface area contributed by atoms with Crippen molar-refractivity contribution in [1.82, 2.24) is 16.0 Å². The Morgan fingerprint density at radius 3 is 2.15 bits per heavy atom. The SMILES string of the molecule is CC(C)C(N)C(=O)NCC(=O)NCC(=O)NC(CCCN=C(N)N)C(=O)O. The molecule has 0 fully saturated rings. The first-order chi connectivity index (χ1) is 12.5. The number of nitrogens with one attached hydrogen (secondary N) is 3. The van der Waals surface area contributed by atoms with E-state index in [1.807, 2.05) is 0 Å². The summed E-state index contributed by atoms with van der Waals surface area (Å²) in [6.07, 6.45) is 0.471. The fraction of sp³-hybridized carbons (Fsp3) is 0.667. The van der Waals surface area contributed by atoms with Crippen LogP contribution in [0.2, 0.25) is 0 Å². The van der Waals surface area contributed by atoms with Gasteiger partial charge in [-0.05, 0) is 18.8 Å². The lowest BCUT2D eigenvalue weighted by Gasteiger charge is -2.16. The topological polar surface area (TPSA) is 215 Å². The summed E-state index contributed by atoms with van der Waals surface area (Å²) in [6.45, 7) is 3.00. The van der Waals surface area contributed by atoms with Crippen LogP contribution in [0.5, 0.6) is 0 Å². The van der Waals surface area contributed by atoms with Gasteiger partial charge < -0.3 is 38.3 Å². The zero-order valence-corrected chi connectivity index (χ0v) is 15.5. The Morgan fingerprint density at radius 2 is 1.63 bits per heavy atom. The molecule has 154 valence electrons. The number of amides is 3. The van der Waals surface area contributed by atoms with E-state index in [-0.39, 0.29) is 31.4 Å². The highest BCUT2D eigenvalue weighted by atomic mass is 16.4. The van der Waals surface area contributed by atoms with E-state index in [9.17, 15) is 19.2 Å². The van der Waals surface area contributed by atoms with Crippen LogP contribution >= 0.6 is 0 Å². The Kier molecular flexibility index (Phi) is 11.1. The number of nitrogens with zero attached hydrogens (tertiary/aromatic N) is 1. The number of hydrogen-bond donors (Lipinski definition) is 7. The molecule has 12 nitrogen and oxygen atoms in total. The lowest BCUT2D eigenvalue weighted by atomic mass is 10.1. The maximum atomic E-state index is 11.8. The highest BCUT2D eigenvalue weighted by molar-refractivity contribution is 5.90. The van der Waals surface area contributed by atoms with Gasteiger partial charge in [0.05, 0.1) is 19.1 Å². The zero-order valence-electron chi connectivity index (χ0n) is 15.5. The molecule has 0 saturated heterocycles. The molecule has 10 N–H and O–H groups in total. The molecule has 0 aromatic carbocycles. The van der Waals surface area contributed by atoms with Crippen molar-refractivity contribution in [2.45, 2.75) is 38.8 Å². The van der Waals surface area contributed by atoms with Crippen molar-refractivity contribution in [3.63, 3.8) is 0 Å². The summed E-state index contributed by atoms with van der Waals surface area (Å²) in [5, 5.41) is 16.0. The number of rotatable bonds is 12. The number of carbonyl (C=O) groups is 4. The van der Waals surface area contributed by atoms with Crippen molar-refractivity contribution in [2.75, 3.05) is 19.6 Å². The van der Waals surface area contributed by atoms with Crippen molar-refractivity contribution in [3.8, 4) is 0 Å². The van der Waals surface area contributed by atoms with Crippen LogP contribution in [-0.2, 0) is 19.2 Å². The van der Waals surface area contributed by atoms with Crippen molar-refractivity contribution >= 4 is 29.7 Å². The Balaban J connectivity index is 4.23. The first-order valence-electron chi connectivity index (χ1n) is 8.42. The van der Waals surface area contributed by atoms with Crippen molar-refractivity contribution in [1.29, 1.82) is 0 Å². The van der Waals surface area contributed by atoms with Crippen LogP contribution in [0.25, 0.3) is 0 Å². The van der Waals surface area contributed by atoms with Gasteiger partial charge in [-0.25, -0.2) is 4.79 Å². The largest absolute Gasteiger partial charge is 0.480 e. The fourth-order valence-corrected chi connectivity index (χ4v) is 1.84. The van der Waals surface area contributed by atoms with E-state index in [0.717, 1.165) is 0 Å². The highest BCUT2D eigenvalue weighted by Gasteiger charge is 2.20. The summed E-state index contributed by atoms with van der Waals surface area (Å²) in [7, 11) is 0. The number of carboxylic acids is 1. The lowest BCUT2D eigenvalue weighted by Crippen LogP contribution is -2.49. The fourth-order valence-electron chi connectivity index (χ4n) is 1.84. The average Bonchev–Trinajstić information content (AvgIpc) is 2.59. The van der Waals surface area contributed by atoms with E-state index in [0.29, 0.717) is 6.42 Å². The molecular weight excluding hydrogens is 358 g/mol. The lowest BCUT2D eigenvalue weighted by molar-refractivity contribution is -0.142.